The predicted octanol–water partition coefficient (Wildman–Crippen LogP) is 3.15. The van der Waals surface area contributed by atoms with Gasteiger partial charge in [0.2, 0.25) is 0 Å². The summed E-state index contributed by atoms with van der Waals surface area (Å²) in [7, 11) is 1.96. The highest BCUT2D eigenvalue weighted by Gasteiger charge is 2.32. The molecule has 3 N–H and O–H groups in total. The minimum absolute atomic E-state index is 0.0354. The highest BCUT2D eigenvalue weighted by atomic mass is 35.5. The molecule has 150 valence electrons. The first-order valence-electron chi connectivity index (χ1n) is 9.31. The molecule has 28 heavy (non-hydrogen) atoms. The van der Waals surface area contributed by atoms with Crippen molar-refractivity contribution in [3.05, 3.63) is 58.1 Å². The number of nitrogens with zero attached hydrogens (tertiary/aromatic N) is 2. The van der Waals surface area contributed by atoms with E-state index in [-0.39, 0.29) is 40.6 Å². The number of aliphatic hydroxyl groups excluding tert-OH is 1. The van der Waals surface area contributed by atoms with Crippen LogP contribution in [-0.4, -0.2) is 57.8 Å². The summed E-state index contributed by atoms with van der Waals surface area (Å²) < 4.78 is 0. The second-order valence-corrected chi connectivity index (χ2v) is 7.59. The number of likely N-dealkylation sites (N-methyl/N-ethyl adjacent to an activating group) is 1. The number of halogens is 1. The summed E-state index contributed by atoms with van der Waals surface area (Å²) >= 11 is 5.92. The van der Waals surface area contributed by atoms with Crippen molar-refractivity contribution in [3.63, 3.8) is 0 Å². The molecule has 7 heteroatoms. The summed E-state index contributed by atoms with van der Waals surface area (Å²) in [5.41, 5.74) is 2.28. The molecule has 1 saturated heterocycles. The lowest BCUT2D eigenvalue weighted by molar-refractivity contribution is 0.0732. The van der Waals surface area contributed by atoms with Crippen LogP contribution in [0.25, 0.3) is 0 Å². The van der Waals surface area contributed by atoms with E-state index < -0.39 is 0 Å². The van der Waals surface area contributed by atoms with Crippen LogP contribution in [0.2, 0.25) is 5.02 Å². The van der Waals surface area contributed by atoms with E-state index in [1.54, 1.807) is 4.90 Å². The first-order chi connectivity index (χ1) is 13.4. The largest absolute Gasteiger partial charge is 0.507 e. The molecular formula is C21H25ClN2O4. The van der Waals surface area contributed by atoms with Crippen molar-refractivity contribution >= 4 is 17.5 Å². The van der Waals surface area contributed by atoms with Crippen molar-refractivity contribution < 1.29 is 20.1 Å². The van der Waals surface area contributed by atoms with Crippen molar-refractivity contribution in [2.75, 3.05) is 26.7 Å². The quantitative estimate of drug-likeness (QED) is 0.688. The van der Waals surface area contributed by atoms with E-state index >= 15 is 0 Å². The summed E-state index contributed by atoms with van der Waals surface area (Å²) in [6.07, 6.45) is 1.73. The van der Waals surface area contributed by atoms with Gasteiger partial charge in [-0.3, -0.25) is 9.69 Å². The summed E-state index contributed by atoms with van der Waals surface area (Å²) in [6.45, 7) is 2.09. The molecule has 2 aromatic carbocycles. The second kappa shape index (κ2) is 8.82. The molecule has 1 heterocycles. The Morgan fingerprint density at radius 3 is 2.61 bits per heavy atom. The Morgan fingerprint density at radius 2 is 1.93 bits per heavy atom. The third-order valence-electron chi connectivity index (χ3n) is 5.11. The van der Waals surface area contributed by atoms with Crippen LogP contribution in [0.4, 0.5) is 0 Å². The summed E-state index contributed by atoms with van der Waals surface area (Å²) in [5, 5.41) is 28.7. The van der Waals surface area contributed by atoms with Gasteiger partial charge in [0.05, 0.1) is 23.2 Å². The van der Waals surface area contributed by atoms with E-state index in [0.29, 0.717) is 13.1 Å². The summed E-state index contributed by atoms with van der Waals surface area (Å²) in [6, 6.07) is 10.5. The fourth-order valence-corrected chi connectivity index (χ4v) is 3.80. The lowest BCUT2D eigenvalue weighted by Crippen LogP contribution is -2.30. The second-order valence-electron chi connectivity index (χ2n) is 7.18. The Morgan fingerprint density at radius 1 is 1.21 bits per heavy atom. The molecule has 1 aliphatic rings. The van der Waals surface area contributed by atoms with Gasteiger partial charge in [-0.25, -0.2) is 0 Å². The zero-order chi connectivity index (χ0) is 20.3. The van der Waals surface area contributed by atoms with E-state index in [1.807, 2.05) is 36.2 Å². The van der Waals surface area contributed by atoms with Crippen molar-refractivity contribution in [2.45, 2.75) is 25.4 Å². The van der Waals surface area contributed by atoms with E-state index in [1.165, 1.54) is 6.07 Å². The van der Waals surface area contributed by atoms with E-state index in [2.05, 4.69) is 0 Å². The fourth-order valence-electron chi connectivity index (χ4n) is 3.64. The van der Waals surface area contributed by atoms with Crippen LogP contribution in [0.5, 0.6) is 11.5 Å². The van der Waals surface area contributed by atoms with Crippen molar-refractivity contribution in [1.82, 2.24) is 9.80 Å². The smallest absolute Gasteiger partial charge is 0.258 e. The topological polar surface area (TPSA) is 84.2 Å². The maximum atomic E-state index is 13.0. The molecule has 1 fully saturated rings. The molecule has 1 atom stereocenters. The van der Waals surface area contributed by atoms with E-state index in [0.717, 1.165) is 36.6 Å². The van der Waals surface area contributed by atoms with Gasteiger partial charge < -0.3 is 20.2 Å². The molecule has 3 rings (SSSR count). The first-order valence-corrected chi connectivity index (χ1v) is 9.69. The van der Waals surface area contributed by atoms with E-state index in [4.69, 9.17) is 16.7 Å². The number of likely N-dealkylation sites (tertiary alicyclic amines) is 1. The van der Waals surface area contributed by atoms with Gasteiger partial charge in [0.25, 0.3) is 5.91 Å². The molecule has 2 aromatic rings. The molecule has 1 aliphatic heterocycles. The maximum absolute atomic E-state index is 13.0. The number of hydrogen-bond acceptors (Lipinski definition) is 5. The number of amides is 1. The molecule has 0 saturated carbocycles. The fraction of sp³-hybridized carbons (Fsp3) is 0.381. The van der Waals surface area contributed by atoms with Crippen LogP contribution >= 0.6 is 11.6 Å². The summed E-state index contributed by atoms with van der Waals surface area (Å²) in [5.74, 6) is -0.830. The highest BCUT2D eigenvalue weighted by Crippen LogP contribution is 2.37. The molecule has 6 nitrogen and oxygen atoms in total. The van der Waals surface area contributed by atoms with Crippen LogP contribution in [0, 0.1) is 0 Å². The van der Waals surface area contributed by atoms with Crippen LogP contribution in [0.3, 0.4) is 0 Å². The normalized spacial score (nSPS) is 16.7. The standard InChI is InChI=1S/C21H25ClN2O4/c1-23(9-10-25)13-14-4-6-15(7-5-14)18-3-2-8-24(18)21(28)16-11-17(22)20(27)12-19(16)26/h4-7,11-12,18,25-27H,2-3,8-10,13H2,1H3. The molecule has 0 radical (unpaired) electrons. The number of carbonyl (C=O) groups is 1. The minimum Gasteiger partial charge on any atom is -0.507 e. The number of aromatic hydroxyl groups is 2. The lowest BCUT2D eigenvalue weighted by Gasteiger charge is -2.26. The Hall–Kier alpha value is -2.28. The number of benzene rings is 2. The third kappa shape index (κ3) is 4.41. The Bertz CT molecular complexity index is 841. The van der Waals surface area contributed by atoms with Gasteiger partial charge in [-0.05, 0) is 37.1 Å². The highest BCUT2D eigenvalue weighted by molar-refractivity contribution is 6.32. The monoisotopic (exact) mass is 404 g/mol. The maximum Gasteiger partial charge on any atom is 0.258 e. The van der Waals surface area contributed by atoms with Gasteiger partial charge in [-0.1, -0.05) is 35.9 Å². The van der Waals surface area contributed by atoms with Crippen molar-refractivity contribution in [1.29, 1.82) is 0 Å². The number of aliphatic hydroxyl groups is 1. The zero-order valence-corrected chi connectivity index (χ0v) is 16.6. The van der Waals surface area contributed by atoms with Gasteiger partial charge in [0.15, 0.2) is 0 Å². The van der Waals surface area contributed by atoms with Gasteiger partial charge in [0.1, 0.15) is 11.5 Å². The molecule has 1 unspecified atom stereocenters. The van der Waals surface area contributed by atoms with Gasteiger partial charge >= 0.3 is 0 Å². The molecular weight excluding hydrogens is 380 g/mol. The number of carbonyl (C=O) groups excluding carboxylic acids is 1. The van der Waals surface area contributed by atoms with Crippen LogP contribution < -0.4 is 0 Å². The van der Waals surface area contributed by atoms with Crippen LogP contribution in [-0.2, 0) is 6.54 Å². The number of rotatable bonds is 6. The van der Waals surface area contributed by atoms with Gasteiger partial charge in [0, 0.05) is 25.7 Å². The lowest BCUT2D eigenvalue weighted by atomic mass is 10.0. The first kappa shape index (κ1) is 20.5. The van der Waals surface area contributed by atoms with Crippen LogP contribution in [0.1, 0.15) is 40.4 Å². The molecule has 0 bridgehead atoms. The van der Waals surface area contributed by atoms with E-state index in [9.17, 15) is 15.0 Å². The third-order valence-corrected chi connectivity index (χ3v) is 5.41. The SMILES string of the molecule is CN(CCO)Cc1ccc(C2CCCN2C(=O)c2cc(Cl)c(O)cc2O)cc1. The molecule has 1 amide bonds. The Balaban J connectivity index is 1.77. The minimum atomic E-state index is -0.298. The average Bonchev–Trinajstić information content (AvgIpc) is 3.15. The van der Waals surface area contributed by atoms with Crippen LogP contribution in [0.15, 0.2) is 36.4 Å². The Kier molecular flexibility index (Phi) is 6.44. The number of phenolic OH excluding ortho intramolecular Hbond substituents is 2. The Labute approximate surface area is 169 Å². The van der Waals surface area contributed by atoms with Gasteiger partial charge in [-0.15, -0.1) is 0 Å². The molecule has 0 spiro atoms. The summed E-state index contributed by atoms with van der Waals surface area (Å²) in [4.78, 5) is 16.8. The predicted molar refractivity (Wildman–Crippen MR) is 108 cm³/mol. The zero-order valence-electron chi connectivity index (χ0n) is 15.8. The van der Waals surface area contributed by atoms with Gasteiger partial charge in [-0.2, -0.15) is 0 Å². The molecule has 0 aliphatic carbocycles. The van der Waals surface area contributed by atoms with Crippen molar-refractivity contribution in [2.24, 2.45) is 0 Å². The number of phenols is 2. The number of hydrogen-bond donors (Lipinski definition) is 3. The average molecular weight is 405 g/mol. The molecule has 0 aromatic heterocycles. The van der Waals surface area contributed by atoms with Crippen molar-refractivity contribution in [3.8, 4) is 11.5 Å².